The maximum absolute atomic E-state index is 12.4. The molecule has 1 heterocycles. The average molecular weight is 326 g/mol. The van der Waals surface area contributed by atoms with Crippen LogP contribution in [0.5, 0.6) is 0 Å². The van der Waals surface area contributed by atoms with Crippen LogP contribution >= 0.6 is 23.2 Å². The zero-order chi connectivity index (χ0) is 15.2. The molecule has 1 aromatic rings. The van der Waals surface area contributed by atoms with Crippen molar-refractivity contribution in [2.45, 2.75) is 44.6 Å². The zero-order valence-corrected chi connectivity index (χ0v) is 13.3. The van der Waals surface area contributed by atoms with Gasteiger partial charge in [-0.2, -0.15) is 0 Å². The first kappa shape index (κ1) is 14.7. The quantitative estimate of drug-likeness (QED) is 0.803. The molecule has 1 aliphatic carbocycles. The van der Waals surface area contributed by atoms with Gasteiger partial charge in [0.2, 0.25) is 0 Å². The molecule has 3 rings (SSSR count). The summed E-state index contributed by atoms with van der Waals surface area (Å²) in [5.74, 6) is -0.110. The van der Waals surface area contributed by atoms with Crippen LogP contribution in [-0.2, 0) is 4.79 Å². The molecule has 0 unspecified atom stereocenters. The molecule has 0 radical (unpaired) electrons. The number of halogens is 2. The summed E-state index contributed by atoms with van der Waals surface area (Å²) in [6.07, 6.45) is 4.70. The van der Waals surface area contributed by atoms with E-state index in [-0.39, 0.29) is 11.7 Å². The van der Waals surface area contributed by atoms with Crippen molar-refractivity contribution in [1.29, 1.82) is 0 Å². The van der Waals surface area contributed by atoms with Gasteiger partial charge in [-0.25, -0.2) is 0 Å². The molecule has 0 saturated heterocycles. The predicted molar refractivity (Wildman–Crippen MR) is 84.7 cm³/mol. The van der Waals surface area contributed by atoms with Crippen LogP contribution in [0.1, 0.15) is 43.2 Å². The SMILES string of the molecule is Cc1cc(Cl)cc(Cl)c1C1=C(O)C2(CCCCC2)NC1=O. The van der Waals surface area contributed by atoms with Gasteiger partial charge in [0.25, 0.3) is 5.91 Å². The highest BCUT2D eigenvalue weighted by atomic mass is 35.5. The minimum absolute atomic E-state index is 0.138. The molecule has 1 saturated carbocycles. The molecule has 0 aromatic heterocycles. The highest BCUT2D eigenvalue weighted by Gasteiger charge is 2.46. The van der Waals surface area contributed by atoms with Crippen LogP contribution in [0.25, 0.3) is 5.57 Å². The number of aliphatic hydroxyl groups excluding tert-OH is 1. The molecule has 5 heteroatoms. The minimum Gasteiger partial charge on any atom is -0.509 e. The molecule has 0 bridgehead atoms. The Balaban J connectivity index is 2.15. The Morgan fingerprint density at radius 2 is 1.86 bits per heavy atom. The summed E-state index contributed by atoms with van der Waals surface area (Å²) in [6.45, 7) is 1.84. The van der Waals surface area contributed by atoms with E-state index in [0.29, 0.717) is 21.2 Å². The molecule has 2 aliphatic rings. The van der Waals surface area contributed by atoms with Gasteiger partial charge in [0.05, 0.1) is 16.1 Å². The topological polar surface area (TPSA) is 49.3 Å². The molecule has 2 N–H and O–H groups in total. The summed E-state index contributed by atoms with van der Waals surface area (Å²) in [4.78, 5) is 12.4. The average Bonchev–Trinajstić information content (AvgIpc) is 2.63. The highest BCUT2D eigenvalue weighted by molar-refractivity contribution is 6.38. The van der Waals surface area contributed by atoms with E-state index < -0.39 is 5.54 Å². The van der Waals surface area contributed by atoms with Crippen LogP contribution in [0.3, 0.4) is 0 Å². The fraction of sp³-hybridized carbons (Fsp3) is 0.438. The Bertz CT molecular complexity index is 623. The van der Waals surface area contributed by atoms with Gasteiger partial charge >= 0.3 is 0 Å². The van der Waals surface area contributed by atoms with Gasteiger partial charge in [-0.05, 0) is 37.5 Å². The monoisotopic (exact) mass is 325 g/mol. The van der Waals surface area contributed by atoms with Crippen LogP contribution in [0, 0.1) is 6.92 Å². The van der Waals surface area contributed by atoms with E-state index in [9.17, 15) is 9.90 Å². The van der Waals surface area contributed by atoms with Crippen LogP contribution in [0.4, 0.5) is 0 Å². The van der Waals surface area contributed by atoms with E-state index in [1.54, 1.807) is 12.1 Å². The fourth-order valence-electron chi connectivity index (χ4n) is 3.45. The number of carbonyl (C=O) groups is 1. The van der Waals surface area contributed by atoms with Crippen molar-refractivity contribution >= 4 is 34.7 Å². The lowest BCUT2D eigenvalue weighted by molar-refractivity contribution is -0.116. The standard InChI is InChI=1S/C16H17Cl2NO2/c1-9-7-10(17)8-11(18)12(9)13-14(20)16(19-15(13)21)5-3-2-4-6-16/h7-8,20H,2-6H2,1H3,(H,19,21). The molecule has 1 spiro atoms. The maximum Gasteiger partial charge on any atom is 0.256 e. The second kappa shape index (κ2) is 5.22. The third-order valence-corrected chi connectivity index (χ3v) is 5.00. The number of hydrogen-bond donors (Lipinski definition) is 2. The number of aliphatic hydroxyl groups is 1. The number of aryl methyl sites for hydroxylation is 1. The van der Waals surface area contributed by atoms with Crippen molar-refractivity contribution in [3.63, 3.8) is 0 Å². The van der Waals surface area contributed by atoms with E-state index in [0.717, 1.165) is 37.7 Å². The summed E-state index contributed by atoms with van der Waals surface area (Å²) in [7, 11) is 0. The summed E-state index contributed by atoms with van der Waals surface area (Å²) >= 11 is 12.2. The normalized spacial score (nSPS) is 21.0. The molecule has 3 nitrogen and oxygen atoms in total. The zero-order valence-electron chi connectivity index (χ0n) is 11.8. The van der Waals surface area contributed by atoms with E-state index in [4.69, 9.17) is 23.2 Å². The Kier molecular flexibility index (Phi) is 3.66. The Hall–Kier alpha value is -1.19. The first-order valence-electron chi connectivity index (χ1n) is 7.17. The second-order valence-electron chi connectivity index (χ2n) is 5.90. The summed E-state index contributed by atoms with van der Waals surface area (Å²) in [6, 6.07) is 3.35. The third-order valence-electron chi connectivity index (χ3n) is 4.48. The van der Waals surface area contributed by atoms with Gasteiger partial charge in [0.1, 0.15) is 5.76 Å². The summed E-state index contributed by atoms with van der Waals surface area (Å²) in [5, 5.41) is 14.6. The Labute approximate surface area is 133 Å². The van der Waals surface area contributed by atoms with E-state index >= 15 is 0 Å². The van der Waals surface area contributed by atoms with Crippen molar-refractivity contribution in [3.05, 3.63) is 39.1 Å². The fourth-order valence-corrected chi connectivity index (χ4v) is 4.14. The van der Waals surface area contributed by atoms with E-state index in [2.05, 4.69) is 5.32 Å². The Morgan fingerprint density at radius 3 is 2.48 bits per heavy atom. The molecule has 0 atom stereocenters. The molecule has 1 aromatic carbocycles. The van der Waals surface area contributed by atoms with Gasteiger partial charge in [-0.3, -0.25) is 4.79 Å². The molecular weight excluding hydrogens is 309 g/mol. The van der Waals surface area contributed by atoms with Crippen molar-refractivity contribution in [2.75, 3.05) is 0 Å². The van der Waals surface area contributed by atoms with Gasteiger partial charge in [0, 0.05) is 10.6 Å². The second-order valence-corrected chi connectivity index (χ2v) is 6.74. The maximum atomic E-state index is 12.4. The van der Waals surface area contributed by atoms with Crippen molar-refractivity contribution < 1.29 is 9.90 Å². The summed E-state index contributed by atoms with van der Waals surface area (Å²) in [5.41, 5.74) is 1.08. The molecule has 112 valence electrons. The van der Waals surface area contributed by atoms with Gasteiger partial charge in [0.15, 0.2) is 0 Å². The number of amides is 1. The lowest BCUT2D eigenvalue weighted by Crippen LogP contribution is -2.46. The number of rotatable bonds is 1. The number of benzene rings is 1. The lowest BCUT2D eigenvalue weighted by atomic mass is 9.80. The van der Waals surface area contributed by atoms with Gasteiger partial charge in [-0.1, -0.05) is 42.5 Å². The number of nitrogens with one attached hydrogen (secondary N) is 1. The first-order chi connectivity index (χ1) is 9.94. The van der Waals surface area contributed by atoms with Crippen molar-refractivity contribution in [2.24, 2.45) is 0 Å². The largest absolute Gasteiger partial charge is 0.509 e. The predicted octanol–water partition coefficient (Wildman–Crippen LogP) is 4.40. The molecule has 1 aliphatic heterocycles. The Morgan fingerprint density at radius 1 is 1.19 bits per heavy atom. The lowest BCUT2D eigenvalue weighted by Gasteiger charge is -2.33. The highest BCUT2D eigenvalue weighted by Crippen LogP contribution is 2.43. The molecule has 21 heavy (non-hydrogen) atoms. The smallest absolute Gasteiger partial charge is 0.256 e. The van der Waals surface area contributed by atoms with Crippen molar-refractivity contribution in [3.8, 4) is 0 Å². The van der Waals surface area contributed by atoms with E-state index in [1.165, 1.54) is 0 Å². The van der Waals surface area contributed by atoms with Crippen LogP contribution < -0.4 is 5.32 Å². The number of carbonyl (C=O) groups excluding carboxylic acids is 1. The van der Waals surface area contributed by atoms with Crippen LogP contribution in [0.15, 0.2) is 17.9 Å². The van der Waals surface area contributed by atoms with Crippen molar-refractivity contribution in [1.82, 2.24) is 5.32 Å². The van der Waals surface area contributed by atoms with Crippen LogP contribution in [0.2, 0.25) is 10.0 Å². The molecule has 1 fully saturated rings. The van der Waals surface area contributed by atoms with Crippen LogP contribution in [-0.4, -0.2) is 16.6 Å². The summed E-state index contributed by atoms with van der Waals surface area (Å²) < 4.78 is 0. The van der Waals surface area contributed by atoms with E-state index in [1.807, 2.05) is 6.92 Å². The van der Waals surface area contributed by atoms with Gasteiger partial charge < -0.3 is 10.4 Å². The molecular formula is C16H17Cl2NO2. The van der Waals surface area contributed by atoms with Gasteiger partial charge in [-0.15, -0.1) is 0 Å². The minimum atomic E-state index is -0.597. The molecule has 1 amide bonds. The number of hydrogen-bond acceptors (Lipinski definition) is 2. The third kappa shape index (κ3) is 2.33. The first-order valence-corrected chi connectivity index (χ1v) is 7.92.